The topological polar surface area (TPSA) is 79.5 Å². The molecule has 1 saturated heterocycles. The zero-order chi connectivity index (χ0) is 20.6. The molecule has 0 radical (unpaired) electrons. The van der Waals surface area contributed by atoms with Crippen LogP contribution < -0.4 is 16.0 Å². The van der Waals surface area contributed by atoms with Crippen LogP contribution in [0.15, 0.2) is 24.3 Å². The largest absolute Gasteiger partial charge is 0.384 e. The summed E-state index contributed by atoms with van der Waals surface area (Å²) in [6.45, 7) is 9.34. The average molecular weight is 390 g/mol. The molecule has 0 aromatic heterocycles. The zero-order valence-corrected chi connectivity index (χ0v) is 17.7. The summed E-state index contributed by atoms with van der Waals surface area (Å²) in [4.78, 5) is 24.4. The first-order chi connectivity index (χ1) is 13.2. The van der Waals surface area contributed by atoms with Crippen LogP contribution in [-0.2, 0) is 20.7 Å². The molecule has 2 amide bonds. The van der Waals surface area contributed by atoms with E-state index >= 15 is 0 Å². The normalized spacial score (nSPS) is 16.4. The molecule has 0 aliphatic carbocycles. The summed E-state index contributed by atoms with van der Waals surface area (Å²) in [6, 6.07) is 7.48. The van der Waals surface area contributed by atoms with Gasteiger partial charge in [-0.05, 0) is 49.0 Å². The average Bonchev–Trinajstić information content (AvgIpc) is 2.61. The Bertz CT molecular complexity index is 638. The van der Waals surface area contributed by atoms with E-state index in [9.17, 15) is 9.59 Å². The maximum Gasteiger partial charge on any atom is 0.224 e. The molecule has 1 heterocycles. The molecule has 1 aliphatic rings. The van der Waals surface area contributed by atoms with E-state index in [2.05, 4.69) is 16.0 Å². The van der Waals surface area contributed by atoms with Crippen molar-refractivity contribution in [3.8, 4) is 0 Å². The van der Waals surface area contributed by atoms with Crippen molar-refractivity contribution >= 4 is 17.5 Å². The Hall–Kier alpha value is -1.92. The predicted molar refractivity (Wildman–Crippen MR) is 112 cm³/mol. The van der Waals surface area contributed by atoms with Gasteiger partial charge in [0.15, 0.2) is 0 Å². The molecule has 6 nitrogen and oxygen atoms in total. The third kappa shape index (κ3) is 7.60. The summed E-state index contributed by atoms with van der Waals surface area (Å²) in [5.74, 6) is 0.0157. The lowest BCUT2D eigenvalue weighted by Crippen LogP contribution is -2.47. The smallest absolute Gasteiger partial charge is 0.224 e. The number of hydrogen-bond donors (Lipinski definition) is 3. The van der Waals surface area contributed by atoms with Gasteiger partial charge in [0, 0.05) is 31.2 Å². The monoisotopic (exact) mass is 389 g/mol. The Morgan fingerprint density at radius 3 is 2.32 bits per heavy atom. The summed E-state index contributed by atoms with van der Waals surface area (Å²) in [6.07, 6.45) is 2.81. The summed E-state index contributed by atoms with van der Waals surface area (Å²) in [5.41, 5.74) is 1.66. The van der Waals surface area contributed by atoms with Gasteiger partial charge in [-0.15, -0.1) is 0 Å². The minimum Gasteiger partial charge on any atom is -0.384 e. The summed E-state index contributed by atoms with van der Waals surface area (Å²) < 4.78 is 5.40. The quantitative estimate of drug-likeness (QED) is 0.639. The van der Waals surface area contributed by atoms with Gasteiger partial charge < -0.3 is 20.7 Å². The second-order valence-corrected chi connectivity index (χ2v) is 9.12. The molecule has 1 aliphatic heterocycles. The molecule has 156 valence electrons. The molecular weight excluding hydrogens is 354 g/mol. The van der Waals surface area contributed by atoms with Crippen molar-refractivity contribution in [1.82, 2.24) is 10.6 Å². The summed E-state index contributed by atoms with van der Waals surface area (Å²) >= 11 is 0. The lowest BCUT2D eigenvalue weighted by Gasteiger charge is -2.37. The van der Waals surface area contributed by atoms with Gasteiger partial charge in [-0.3, -0.25) is 9.59 Å². The van der Waals surface area contributed by atoms with Crippen molar-refractivity contribution in [2.75, 3.05) is 38.7 Å². The molecule has 0 unspecified atom stereocenters. The molecule has 28 heavy (non-hydrogen) atoms. The fraction of sp³-hybridized carbons (Fsp3) is 0.636. The highest BCUT2D eigenvalue weighted by Gasteiger charge is 2.32. The van der Waals surface area contributed by atoms with Crippen LogP contribution >= 0.6 is 0 Å². The van der Waals surface area contributed by atoms with E-state index in [1.54, 1.807) is 7.11 Å². The minimum atomic E-state index is -0.0450. The minimum absolute atomic E-state index is 0.00315. The fourth-order valence-electron chi connectivity index (χ4n) is 3.56. The van der Waals surface area contributed by atoms with Gasteiger partial charge in [-0.1, -0.05) is 32.9 Å². The Kier molecular flexibility index (Phi) is 8.01. The second kappa shape index (κ2) is 10.0. The third-order valence-electron chi connectivity index (χ3n) is 5.07. The summed E-state index contributed by atoms with van der Waals surface area (Å²) in [7, 11) is 1.72. The number of carbonyl (C=O) groups is 2. The van der Waals surface area contributed by atoms with Crippen LogP contribution in [0.2, 0.25) is 0 Å². The maximum atomic E-state index is 12.4. The van der Waals surface area contributed by atoms with Gasteiger partial charge in [0.25, 0.3) is 0 Å². The van der Waals surface area contributed by atoms with Crippen LogP contribution in [0.3, 0.4) is 0 Å². The first-order valence-electron chi connectivity index (χ1n) is 10.1. The molecule has 1 fully saturated rings. The molecule has 0 bridgehead atoms. The summed E-state index contributed by atoms with van der Waals surface area (Å²) in [5, 5.41) is 9.35. The van der Waals surface area contributed by atoms with E-state index in [-0.39, 0.29) is 22.6 Å². The molecular formula is C22H35N3O3. The van der Waals surface area contributed by atoms with E-state index in [0.717, 1.165) is 37.2 Å². The van der Waals surface area contributed by atoms with Crippen LogP contribution in [-0.4, -0.2) is 45.2 Å². The van der Waals surface area contributed by atoms with Crippen LogP contribution in [0, 0.1) is 10.8 Å². The van der Waals surface area contributed by atoms with Gasteiger partial charge in [-0.25, -0.2) is 0 Å². The van der Waals surface area contributed by atoms with Gasteiger partial charge >= 0.3 is 0 Å². The van der Waals surface area contributed by atoms with E-state index in [1.807, 2.05) is 45.0 Å². The van der Waals surface area contributed by atoms with Crippen LogP contribution in [0.4, 0.5) is 5.69 Å². The number of piperidine rings is 1. The highest BCUT2D eigenvalue weighted by molar-refractivity contribution is 5.91. The van der Waals surface area contributed by atoms with E-state index in [1.165, 1.54) is 0 Å². The van der Waals surface area contributed by atoms with Gasteiger partial charge in [-0.2, -0.15) is 0 Å². The second-order valence-electron chi connectivity index (χ2n) is 9.12. The predicted octanol–water partition coefficient (Wildman–Crippen LogP) is 2.74. The number of benzene rings is 1. The first-order valence-corrected chi connectivity index (χ1v) is 10.1. The molecule has 6 heteroatoms. The van der Waals surface area contributed by atoms with Gasteiger partial charge in [0.1, 0.15) is 0 Å². The van der Waals surface area contributed by atoms with E-state index in [0.29, 0.717) is 26.0 Å². The number of rotatable bonds is 8. The lowest BCUT2D eigenvalue weighted by atomic mass is 9.79. The number of ether oxygens (including phenoxy) is 1. The molecule has 3 N–H and O–H groups in total. The first kappa shape index (κ1) is 22.4. The Morgan fingerprint density at radius 1 is 1.11 bits per heavy atom. The number of hydrogen-bond acceptors (Lipinski definition) is 4. The number of nitrogens with one attached hydrogen (secondary N) is 3. The lowest BCUT2D eigenvalue weighted by molar-refractivity contribution is -0.121. The number of carbonyl (C=O) groups excluding carboxylic acids is 2. The van der Waals surface area contributed by atoms with E-state index < -0.39 is 0 Å². The standard InChI is InChI=1S/C22H35N3O3/c1-21(2,3)14-20(27)25-18-7-5-17(6-8-18)13-19(26)24-15-22(16-28-4)9-11-23-12-10-22/h5-8,23H,9-16H2,1-4H3,(H,24,26)(H,25,27). The Labute approximate surface area is 168 Å². The van der Waals surface area contributed by atoms with E-state index in [4.69, 9.17) is 4.74 Å². The molecule has 0 saturated carbocycles. The maximum absolute atomic E-state index is 12.4. The van der Waals surface area contributed by atoms with Crippen LogP contribution in [0.5, 0.6) is 0 Å². The highest BCUT2D eigenvalue weighted by Crippen LogP contribution is 2.28. The number of methoxy groups -OCH3 is 1. The Balaban J connectivity index is 1.82. The third-order valence-corrected chi connectivity index (χ3v) is 5.07. The van der Waals surface area contributed by atoms with Gasteiger partial charge in [0.2, 0.25) is 11.8 Å². The van der Waals surface area contributed by atoms with Crippen LogP contribution in [0.1, 0.15) is 45.6 Å². The van der Waals surface area contributed by atoms with Gasteiger partial charge in [0.05, 0.1) is 13.0 Å². The molecule has 2 rings (SSSR count). The molecule has 0 atom stereocenters. The highest BCUT2D eigenvalue weighted by atomic mass is 16.5. The molecule has 1 aromatic rings. The van der Waals surface area contributed by atoms with Crippen molar-refractivity contribution in [3.63, 3.8) is 0 Å². The fourth-order valence-corrected chi connectivity index (χ4v) is 3.56. The SMILES string of the molecule is COCC1(CNC(=O)Cc2ccc(NC(=O)CC(C)(C)C)cc2)CCNCC1. The van der Waals surface area contributed by atoms with Crippen molar-refractivity contribution in [2.24, 2.45) is 10.8 Å². The molecule has 0 spiro atoms. The number of anilines is 1. The van der Waals surface area contributed by atoms with Crippen molar-refractivity contribution < 1.29 is 14.3 Å². The van der Waals surface area contributed by atoms with Crippen molar-refractivity contribution in [2.45, 2.75) is 46.5 Å². The molecule has 1 aromatic carbocycles. The van der Waals surface area contributed by atoms with Crippen molar-refractivity contribution in [1.29, 1.82) is 0 Å². The Morgan fingerprint density at radius 2 is 1.75 bits per heavy atom. The van der Waals surface area contributed by atoms with Crippen molar-refractivity contribution in [3.05, 3.63) is 29.8 Å². The van der Waals surface area contributed by atoms with Crippen LogP contribution in [0.25, 0.3) is 0 Å². The number of amides is 2. The zero-order valence-electron chi connectivity index (χ0n) is 17.7.